The first kappa shape index (κ1) is 33.6. The van der Waals surface area contributed by atoms with Gasteiger partial charge in [0, 0.05) is 19.0 Å². The highest BCUT2D eigenvalue weighted by atomic mass is 16.6. The molecule has 2 N–H and O–H groups in total. The molecule has 1 aliphatic heterocycles. The number of fused-ring (bicyclic) bond motifs is 1. The van der Waals surface area contributed by atoms with Crippen molar-refractivity contribution in [3.8, 4) is 17.7 Å². The Kier molecular flexibility index (Phi) is 11.0. The first-order valence-electron chi connectivity index (χ1n) is 14.3. The van der Waals surface area contributed by atoms with Gasteiger partial charge in [0.15, 0.2) is 5.65 Å². The second-order valence-corrected chi connectivity index (χ2v) is 12.1. The van der Waals surface area contributed by atoms with Crippen LogP contribution in [0.4, 0.5) is 15.5 Å². The van der Waals surface area contributed by atoms with E-state index < -0.39 is 29.6 Å². The molecule has 0 unspecified atom stereocenters. The van der Waals surface area contributed by atoms with Crippen molar-refractivity contribution in [1.82, 2.24) is 19.9 Å². The van der Waals surface area contributed by atoms with Crippen LogP contribution in [0, 0.1) is 11.8 Å². The van der Waals surface area contributed by atoms with Crippen LogP contribution in [-0.2, 0) is 23.7 Å². The third-order valence-electron chi connectivity index (χ3n) is 6.07. The Morgan fingerprint density at radius 2 is 1.77 bits per heavy atom. The number of ketones is 1. The minimum atomic E-state index is -0.723. The number of amides is 2. The van der Waals surface area contributed by atoms with E-state index in [1.807, 2.05) is 11.5 Å². The highest BCUT2D eigenvalue weighted by Gasteiger charge is 2.37. The van der Waals surface area contributed by atoms with Crippen molar-refractivity contribution in [2.24, 2.45) is 0 Å². The summed E-state index contributed by atoms with van der Waals surface area (Å²) in [6, 6.07) is 0. The van der Waals surface area contributed by atoms with Crippen molar-refractivity contribution in [3.05, 3.63) is 11.8 Å². The molecule has 1 aliphatic rings. The monoisotopic (exact) mass is 601 g/mol. The second kappa shape index (κ2) is 14.1. The molecule has 13 heteroatoms. The number of aromatic nitrogens is 3. The van der Waals surface area contributed by atoms with Crippen molar-refractivity contribution in [1.29, 1.82) is 0 Å². The minimum absolute atomic E-state index is 0.0247. The van der Waals surface area contributed by atoms with Gasteiger partial charge in [0.05, 0.1) is 43.4 Å². The molecule has 43 heavy (non-hydrogen) atoms. The zero-order valence-corrected chi connectivity index (χ0v) is 26.5. The zero-order chi connectivity index (χ0) is 31.9. The molecule has 0 radical (unpaired) electrons. The lowest BCUT2D eigenvalue weighted by molar-refractivity contribution is -0.119. The van der Waals surface area contributed by atoms with Crippen LogP contribution >= 0.6 is 0 Å². The highest BCUT2D eigenvalue weighted by Crippen LogP contribution is 2.38. The summed E-state index contributed by atoms with van der Waals surface area (Å²) >= 11 is 0. The number of carbonyl (C=O) groups is 3. The van der Waals surface area contributed by atoms with Gasteiger partial charge in [0.1, 0.15) is 23.2 Å². The fourth-order valence-electron chi connectivity index (χ4n) is 4.36. The molecule has 0 saturated carbocycles. The Balaban J connectivity index is 1.99. The molecule has 0 aromatic carbocycles. The lowest BCUT2D eigenvalue weighted by atomic mass is 10.1. The van der Waals surface area contributed by atoms with Gasteiger partial charge in [-0.05, 0) is 54.9 Å². The molecule has 236 valence electrons. The van der Waals surface area contributed by atoms with Gasteiger partial charge in [0.25, 0.3) is 0 Å². The summed E-state index contributed by atoms with van der Waals surface area (Å²) in [5.41, 5.74) is -0.420. The third kappa shape index (κ3) is 9.83. The van der Waals surface area contributed by atoms with E-state index in [1.165, 1.54) is 14.0 Å². The number of nitrogens with one attached hydrogen (secondary N) is 2. The maximum Gasteiger partial charge on any atom is 0.414 e. The molecule has 3 rings (SSSR count). The maximum absolute atomic E-state index is 12.5. The molecule has 2 amide bonds. The molecule has 2 aromatic heterocycles. The molecule has 2 aromatic rings. The predicted molar refractivity (Wildman–Crippen MR) is 159 cm³/mol. The summed E-state index contributed by atoms with van der Waals surface area (Å²) in [4.78, 5) is 45.0. The number of Topliss-reactive ketones (excluding diaryl/α,β-unsaturated/α-hetero) is 1. The zero-order valence-electron chi connectivity index (χ0n) is 26.5. The molecule has 13 nitrogen and oxygen atoms in total. The van der Waals surface area contributed by atoms with E-state index in [2.05, 4.69) is 32.4 Å². The fourth-order valence-corrected chi connectivity index (χ4v) is 4.36. The van der Waals surface area contributed by atoms with E-state index in [9.17, 15) is 14.4 Å². The first-order chi connectivity index (χ1) is 20.1. The van der Waals surface area contributed by atoms with Crippen LogP contribution in [0.15, 0.2) is 6.20 Å². The van der Waals surface area contributed by atoms with Gasteiger partial charge in [0.2, 0.25) is 11.8 Å². The standard InChI is InChI=1S/C30H43N5O8/c1-10-20-21(40-15-13-18(2)36)16-22(41-20)35-17-19(12-11-14-31-27(37)42-29(3,4)5)23-24(35)32-26(33-25(23)39-9)34-28(38)43-30(6,7)8/h17,20-22H,10,13-16H2,1-9H3,(H,31,37)(H,32,33,34,38)/t20-,21-,22-/m1/s1. The van der Waals surface area contributed by atoms with Gasteiger partial charge in [-0.1, -0.05) is 18.8 Å². The summed E-state index contributed by atoms with van der Waals surface area (Å²) < 4.78 is 30.4. The first-order valence-corrected chi connectivity index (χ1v) is 14.3. The summed E-state index contributed by atoms with van der Waals surface area (Å²) in [5, 5.41) is 5.68. The lowest BCUT2D eigenvalue weighted by Gasteiger charge is -2.19. The number of hydrogen-bond donors (Lipinski definition) is 2. The molecule has 1 saturated heterocycles. The van der Waals surface area contributed by atoms with Gasteiger partial charge in [-0.2, -0.15) is 9.97 Å². The molecule has 0 spiro atoms. The van der Waals surface area contributed by atoms with Crippen molar-refractivity contribution < 1.29 is 38.1 Å². The molecule has 1 fully saturated rings. The number of alkyl carbamates (subject to hydrolysis) is 1. The summed E-state index contributed by atoms with van der Waals surface area (Å²) in [6.45, 7) is 14.5. The highest BCUT2D eigenvalue weighted by molar-refractivity contribution is 5.91. The lowest BCUT2D eigenvalue weighted by Crippen LogP contribution is -2.32. The van der Waals surface area contributed by atoms with Crippen LogP contribution in [0.3, 0.4) is 0 Å². The van der Waals surface area contributed by atoms with Gasteiger partial charge < -0.3 is 33.6 Å². The largest absolute Gasteiger partial charge is 0.480 e. The van der Waals surface area contributed by atoms with E-state index >= 15 is 0 Å². The number of anilines is 1. The second-order valence-electron chi connectivity index (χ2n) is 12.1. The van der Waals surface area contributed by atoms with Crippen molar-refractivity contribution >= 4 is 35.0 Å². The molecule has 0 bridgehead atoms. The topological polar surface area (TPSA) is 152 Å². The van der Waals surface area contributed by atoms with Crippen LogP contribution in [0.1, 0.15) is 86.4 Å². The molecular formula is C30H43N5O8. The summed E-state index contributed by atoms with van der Waals surface area (Å²) in [5.74, 6) is 6.20. The van der Waals surface area contributed by atoms with Gasteiger partial charge >= 0.3 is 12.2 Å². The van der Waals surface area contributed by atoms with Gasteiger partial charge in [-0.3, -0.25) is 10.1 Å². The Bertz CT molecular complexity index is 1380. The number of methoxy groups -OCH3 is 1. The van der Waals surface area contributed by atoms with Crippen LogP contribution in [0.2, 0.25) is 0 Å². The summed E-state index contributed by atoms with van der Waals surface area (Å²) in [7, 11) is 1.45. The average molecular weight is 602 g/mol. The molecule has 3 heterocycles. The maximum atomic E-state index is 12.5. The van der Waals surface area contributed by atoms with Crippen LogP contribution in [0.25, 0.3) is 11.0 Å². The van der Waals surface area contributed by atoms with Crippen LogP contribution in [0.5, 0.6) is 5.88 Å². The van der Waals surface area contributed by atoms with E-state index in [4.69, 9.17) is 23.7 Å². The Morgan fingerprint density at radius 1 is 1.09 bits per heavy atom. The smallest absolute Gasteiger partial charge is 0.414 e. The predicted octanol–water partition coefficient (Wildman–Crippen LogP) is 4.72. The average Bonchev–Trinajstić information content (AvgIpc) is 3.44. The number of hydrogen-bond acceptors (Lipinski definition) is 10. The van der Waals surface area contributed by atoms with Gasteiger partial charge in [-0.15, -0.1) is 0 Å². The molecule has 0 aliphatic carbocycles. The fraction of sp³-hybridized carbons (Fsp3) is 0.633. The Morgan fingerprint density at radius 3 is 2.37 bits per heavy atom. The normalized spacial score (nSPS) is 18.5. The Hall–Kier alpha value is -3.89. The van der Waals surface area contributed by atoms with E-state index in [0.29, 0.717) is 42.5 Å². The van der Waals surface area contributed by atoms with Crippen molar-refractivity contribution in [3.63, 3.8) is 0 Å². The minimum Gasteiger partial charge on any atom is -0.480 e. The van der Waals surface area contributed by atoms with Gasteiger partial charge in [-0.25, -0.2) is 9.59 Å². The number of ether oxygens (including phenoxy) is 5. The SMILES string of the molecule is CC[C@H]1O[C@@H](n2cc(C#CCNC(=O)OC(C)(C)C)c3c(OC)nc(NC(=O)OC(C)(C)C)nc32)C[C@H]1OCCC(C)=O. The van der Waals surface area contributed by atoms with Crippen LogP contribution < -0.4 is 15.4 Å². The number of rotatable bonds is 9. The van der Waals surface area contributed by atoms with Crippen molar-refractivity contribution in [2.75, 3.05) is 25.6 Å². The van der Waals surface area contributed by atoms with Crippen molar-refractivity contribution in [2.45, 2.75) is 104 Å². The molecular weight excluding hydrogens is 558 g/mol. The quantitative estimate of drug-likeness (QED) is 0.386. The van der Waals surface area contributed by atoms with E-state index in [0.717, 1.165) is 0 Å². The summed E-state index contributed by atoms with van der Waals surface area (Å²) in [6.07, 6.45) is 1.07. The Labute approximate surface area is 252 Å². The van der Waals surface area contributed by atoms with Crippen LogP contribution in [-0.4, -0.2) is 76.2 Å². The number of carbonyl (C=O) groups excluding carboxylic acids is 3. The number of nitrogens with zero attached hydrogens (tertiary/aromatic N) is 3. The third-order valence-corrected chi connectivity index (χ3v) is 6.07. The van der Waals surface area contributed by atoms with E-state index in [-0.39, 0.29) is 36.4 Å². The van der Waals surface area contributed by atoms with E-state index in [1.54, 1.807) is 47.7 Å². The molecule has 3 atom stereocenters.